The van der Waals surface area contributed by atoms with Gasteiger partial charge in [0, 0.05) is 13.0 Å². The van der Waals surface area contributed by atoms with E-state index in [0.717, 1.165) is 6.42 Å². The summed E-state index contributed by atoms with van der Waals surface area (Å²) in [5, 5.41) is 8.15. The molecule has 6 nitrogen and oxygen atoms in total. The highest BCUT2D eigenvalue weighted by molar-refractivity contribution is 5.76. The van der Waals surface area contributed by atoms with E-state index in [4.69, 9.17) is 10.2 Å². The predicted molar refractivity (Wildman–Crippen MR) is 76.2 cm³/mol. The van der Waals surface area contributed by atoms with Crippen LogP contribution in [0.2, 0.25) is 0 Å². The van der Waals surface area contributed by atoms with E-state index in [1.165, 1.54) is 11.1 Å². The van der Waals surface area contributed by atoms with Crippen LogP contribution < -0.4 is 5.73 Å². The Morgan fingerprint density at radius 1 is 1.38 bits per heavy atom. The van der Waals surface area contributed by atoms with E-state index in [2.05, 4.69) is 22.3 Å². The van der Waals surface area contributed by atoms with E-state index in [-0.39, 0.29) is 18.5 Å². The molecule has 0 saturated carbocycles. The Hall–Kier alpha value is -2.21. The van der Waals surface area contributed by atoms with Gasteiger partial charge in [0.2, 0.25) is 17.7 Å². The monoisotopic (exact) mass is 286 g/mol. The first kappa shape index (κ1) is 13.8. The molecular weight excluding hydrogens is 268 g/mol. The van der Waals surface area contributed by atoms with Gasteiger partial charge in [0.1, 0.15) is 0 Å². The number of hydrogen-bond donors (Lipinski definition) is 1. The second-order valence-electron chi connectivity index (χ2n) is 5.25. The van der Waals surface area contributed by atoms with E-state index in [1.54, 1.807) is 0 Å². The van der Waals surface area contributed by atoms with E-state index in [1.807, 2.05) is 24.0 Å². The number of benzene rings is 1. The smallest absolute Gasteiger partial charge is 0.233 e. The van der Waals surface area contributed by atoms with Gasteiger partial charge in [0.05, 0.1) is 12.6 Å². The minimum atomic E-state index is -0.352. The summed E-state index contributed by atoms with van der Waals surface area (Å²) in [5.74, 6) is 0.820. The lowest BCUT2D eigenvalue weighted by Gasteiger charge is -2.33. The van der Waals surface area contributed by atoms with E-state index < -0.39 is 0 Å². The fraction of sp³-hybridized carbons (Fsp3) is 0.400. The lowest BCUT2D eigenvalue weighted by molar-refractivity contribution is -0.120. The van der Waals surface area contributed by atoms with Gasteiger partial charge < -0.3 is 10.2 Å². The zero-order valence-electron chi connectivity index (χ0n) is 12.0. The average Bonchev–Trinajstić information content (AvgIpc) is 2.94. The number of fused-ring (bicyclic) bond motifs is 1. The van der Waals surface area contributed by atoms with Crippen LogP contribution in [0.25, 0.3) is 0 Å². The van der Waals surface area contributed by atoms with Crippen LogP contribution in [0.1, 0.15) is 35.9 Å². The second-order valence-corrected chi connectivity index (χ2v) is 5.25. The van der Waals surface area contributed by atoms with Crippen molar-refractivity contribution in [1.82, 2.24) is 15.1 Å². The number of hydrogen-bond acceptors (Lipinski definition) is 5. The number of carbonyl (C=O) groups excluding carboxylic acids is 1. The molecule has 21 heavy (non-hydrogen) atoms. The molecule has 1 aliphatic rings. The average molecular weight is 286 g/mol. The third-order valence-corrected chi connectivity index (χ3v) is 3.77. The molecule has 0 fully saturated rings. The molecule has 2 heterocycles. The van der Waals surface area contributed by atoms with Crippen molar-refractivity contribution in [3.8, 4) is 0 Å². The van der Waals surface area contributed by atoms with Crippen molar-refractivity contribution in [3.63, 3.8) is 0 Å². The van der Waals surface area contributed by atoms with Gasteiger partial charge in [-0.25, -0.2) is 0 Å². The Kier molecular flexibility index (Phi) is 3.70. The van der Waals surface area contributed by atoms with Crippen molar-refractivity contribution in [2.75, 3.05) is 6.54 Å². The van der Waals surface area contributed by atoms with E-state index in [0.29, 0.717) is 24.7 Å². The molecule has 6 heteroatoms. The maximum absolute atomic E-state index is 11.3. The largest absolute Gasteiger partial charge is 0.424 e. The van der Waals surface area contributed by atoms with Crippen molar-refractivity contribution in [1.29, 1.82) is 0 Å². The predicted octanol–water partition coefficient (Wildman–Crippen LogP) is 1.22. The van der Waals surface area contributed by atoms with Gasteiger partial charge in [0.25, 0.3) is 0 Å². The molecule has 0 radical (unpaired) electrons. The molecule has 0 spiro atoms. The SMILES string of the molecule is CCc1nnc(C2Cc3ccccc3CN2CC(N)=O)o1. The summed E-state index contributed by atoms with van der Waals surface area (Å²) in [7, 11) is 0. The molecule has 0 bridgehead atoms. The third-order valence-electron chi connectivity index (χ3n) is 3.77. The maximum atomic E-state index is 11.3. The highest BCUT2D eigenvalue weighted by Gasteiger charge is 2.31. The zero-order valence-corrected chi connectivity index (χ0v) is 12.0. The number of nitrogens with two attached hydrogens (primary N) is 1. The van der Waals surface area contributed by atoms with Crippen molar-refractivity contribution in [2.24, 2.45) is 5.73 Å². The zero-order chi connectivity index (χ0) is 14.8. The summed E-state index contributed by atoms with van der Waals surface area (Å²) in [5.41, 5.74) is 7.83. The summed E-state index contributed by atoms with van der Waals surface area (Å²) < 4.78 is 5.68. The van der Waals surface area contributed by atoms with Crippen molar-refractivity contribution in [3.05, 3.63) is 47.2 Å². The molecule has 0 aliphatic carbocycles. The molecule has 1 aromatic carbocycles. The minimum Gasteiger partial charge on any atom is -0.424 e. The minimum absolute atomic E-state index is 0.0970. The van der Waals surface area contributed by atoms with Crippen LogP contribution in [0.15, 0.2) is 28.7 Å². The fourth-order valence-electron chi connectivity index (χ4n) is 2.73. The van der Waals surface area contributed by atoms with Gasteiger partial charge in [-0.05, 0) is 17.5 Å². The highest BCUT2D eigenvalue weighted by atomic mass is 16.4. The summed E-state index contributed by atoms with van der Waals surface area (Å²) in [6, 6.07) is 8.10. The number of aromatic nitrogens is 2. The Bertz CT molecular complexity index is 653. The van der Waals surface area contributed by atoms with Crippen molar-refractivity contribution >= 4 is 5.91 Å². The first-order chi connectivity index (χ1) is 10.2. The standard InChI is InChI=1S/C15H18N4O2/c1-2-14-17-18-15(21-14)12-7-10-5-3-4-6-11(10)8-19(12)9-13(16)20/h3-6,12H,2,7-9H2,1H3,(H2,16,20). The van der Waals surface area contributed by atoms with Crippen LogP contribution in [0.3, 0.4) is 0 Å². The quantitative estimate of drug-likeness (QED) is 0.913. The first-order valence-corrected chi connectivity index (χ1v) is 7.08. The third kappa shape index (κ3) is 2.80. The molecule has 1 amide bonds. The Balaban J connectivity index is 1.93. The molecule has 3 rings (SSSR count). The molecule has 2 aromatic rings. The van der Waals surface area contributed by atoms with Crippen molar-refractivity contribution < 1.29 is 9.21 Å². The number of nitrogens with zero attached hydrogens (tertiary/aromatic N) is 3. The van der Waals surface area contributed by atoms with E-state index >= 15 is 0 Å². The number of primary amides is 1. The molecule has 1 atom stereocenters. The number of rotatable bonds is 4. The number of aryl methyl sites for hydroxylation is 1. The van der Waals surface area contributed by atoms with Crippen LogP contribution in [0.4, 0.5) is 0 Å². The van der Waals surface area contributed by atoms with Gasteiger partial charge in [-0.3, -0.25) is 9.69 Å². The summed E-state index contributed by atoms with van der Waals surface area (Å²) in [6.07, 6.45) is 1.45. The summed E-state index contributed by atoms with van der Waals surface area (Å²) in [6.45, 7) is 2.81. The second kappa shape index (κ2) is 5.65. The molecule has 1 unspecified atom stereocenters. The van der Waals surface area contributed by atoms with Gasteiger partial charge in [-0.15, -0.1) is 10.2 Å². The first-order valence-electron chi connectivity index (χ1n) is 7.08. The molecule has 110 valence electrons. The highest BCUT2D eigenvalue weighted by Crippen LogP contribution is 2.32. The van der Waals surface area contributed by atoms with Gasteiger partial charge in [-0.2, -0.15) is 0 Å². The van der Waals surface area contributed by atoms with Crippen LogP contribution in [0, 0.1) is 0 Å². The van der Waals surface area contributed by atoms with E-state index in [9.17, 15) is 4.79 Å². The molecule has 2 N–H and O–H groups in total. The lowest BCUT2D eigenvalue weighted by atomic mass is 9.94. The van der Waals surface area contributed by atoms with Crippen LogP contribution >= 0.6 is 0 Å². The Morgan fingerprint density at radius 2 is 2.14 bits per heavy atom. The molecule has 0 saturated heterocycles. The fourth-order valence-corrected chi connectivity index (χ4v) is 2.73. The number of carbonyl (C=O) groups is 1. The summed E-state index contributed by atoms with van der Waals surface area (Å²) in [4.78, 5) is 13.3. The van der Waals surface area contributed by atoms with Crippen LogP contribution in [-0.4, -0.2) is 27.5 Å². The maximum Gasteiger partial charge on any atom is 0.233 e. The van der Waals surface area contributed by atoms with Gasteiger partial charge >= 0.3 is 0 Å². The molecule has 1 aliphatic heterocycles. The molecular formula is C15H18N4O2. The van der Waals surface area contributed by atoms with Crippen LogP contribution in [0.5, 0.6) is 0 Å². The molecule has 1 aromatic heterocycles. The normalized spacial score (nSPS) is 18.4. The lowest BCUT2D eigenvalue weighted by Crippen LogP contribution is -2.40. The topological polar surface area (TPSA) is 85.3 Å². The van der Waals surface area contributed by atoms with Gasteiger partial charge in [0.15, 0.2) is 0 Å². The Morgan fingerprint density at radius 3 is 2.81 bits per heavy atom. The van der Waals surface area contributed by atoms with Gasteiger partial charge in [-0.1, -0.05) is 31.2 Å². The Labute approximate surface area is 123 Å². The van der Waals surface area contributed by atoms with Crippen LogP contribution in [-0.2, 0) is 24.2 Å². The van der Waals surface area contributed by atoms with Crippen molar-refractivity contribution in [2.45, 2.75) is 32.4 Å². The number of amides is 1. The summed E-state index contributed by atoms with van der Waals surface area (Å²) >= 11 is 0.